The Labute approximate surface area is 236 Å². The van der Waals surface area contributed by atoms with Gasteiger partial charge in [0.15, 0.2) is 0 Å². The minimum absolute atomic E-state index is 0.140. The van der Waals surface area contributed by atoms with Crippen LogP contribution in [0.3, 0.4) is 0 Å². The maximum absolute atomic E-state index is 14.2. The Balaban J connectivity index is 2.05. The molecule has 0 fully saturated rings. The van der Waals surface area contributed by atoms with Crippen molar-refractivity contribution in [2.45, 2.75) is 58.7 Å². The average molecular weight is 541 g/mol. The Morgan fingerprint density at radius 1 is 0.900 bits per heavy atom. The van der Waals surface area contributed by atoms with Crippen LogP contribution in [-0.4, -0.2) is 41.0 Å². The van der Waals surface area contributed by atoms with Gasteiger partial charge in [0.1, 0.15) is 24.2 Å². The third kappa shape index (κ3) is 8.18. The van der Waals surface area contributed by atoms with Crippen molar-refractivity contribution in [3.8, 4) is 6.07 Å². The molecule has 0 bridgehead atoms. The lowest BCUT2D eigenvalue weighted by atomic mass is 9.97. The Bertz CT molecular complexity index is 1380. The van der Waals surface area contributed by atoms with Gasteiger partial charge in [0.05, 0.1) is 6.07 Å². The number of ether oxygens (including phenoxy) is 1. The van der Waals surface area contributed by atoms with E-state index in [0.717, 1.165) is 16.7 Å². The first-order valence-electron chi connectivity index (χ1n) is 13.1. The number of aryl methyl sites for hydroxylation is 2. The molecule has 3 rings (SSSR count). The van der Waals surface area contributed by atoms with Crippen molar-refractivity contribution in [2.75, 3.05) is 11.9 Å². The summed E-state index contributed by atoms with van der Waals surface area (Å²) in [7, 11) is 0. The lowest BCUT2D eigenvalue weighted by Gasteiger charge is -2.33. The van der Waals surface area contributed by atoms with E-state index in [-0.39, 0.29) is 13.0 Å². The topological polar surface area (TPSA) is 112 Å². The van der Waals surface area contributed by atoms with Crippen molar-refractivity contribution in [3.05, 3.63) is 101 Å². The van der Waals surface area contributed by atoms with Gasteiger partial charge in [-0.05, 0) is 62.9 Å². The van der Waals surface area contributed by atoms with E-state index in [4.69, 9.17) is 4.74 Å². The van der Waals surface area contributed by atoms with E-state index in [9.17, 15) is 19.6 Å². The first-order valence-corrected chi connectivity index (χ1v) is 13.1. The third-order valence-corrected chi connectivity index (χ3v) is 6.24. The molecule has 2 unspecified atom stereocenters. The van der Waals surface area contributed by atoms with Gasteiger partial charge < -0.3 is 20.3 Å². The summed E-state index contributed by atoms with van der Waals surface area (Å²) in [5, 5.41) is 15.4. The van der Waals surface area contributed by atoms with Gasteiger partial charge in [-0.2, -0.15) is 5.26 Å². The quantitative estimate of drug-likeness (QED) is 0.350. The molecule has 208 valence electrons. The summed E-state index contributed by atoms with van der Waals surface area (Å²) in [6, 6.07) is 23.6. The van der Waals surface area contributed by atoms with Gasteiger partial charge in [-0.3, -0.25) is 9.59 Å². The molecule has 2 atom stereocenters. The fourth-order valence-corrected chi connectivity index (χ4v) is 4.33. The van der Waals surface area contributed by atoms with E-state index in [0.29, 0.717) is 11.3 Å². The zero-order valence-electron chi connectivity index (χ0n) is 23.6. The summed E-state index contributed by atoms with van der Waals surface area (Å²) in [6.45, 7) is 8.53. The monoisotopic (exact) mass is 540 g/mol. The summed E-state index contributed by atoms with van der Waals surface area (Å²) in [6.07, 6.45) is -0.628. The number of carbonyl (C=O) groups is 3. The highest BCUT2D eigenvalue weighted by Gasteiger charge is 2.37. The first-order chi connectivity index (χ1) is 19.0. The van der Waals surface area contributed by atoms with E-state index in [1.807, 2.05) is 80.6 Å². The van der Waals surface area contributed by atoms with Gasteiger partial charge in [-0.25, -0.2) is 4.79 Å². The van der Waals surface area contributed by atoms with Crippen LogP contribution in [0.1, 0.15) is 49.1 Å². The molecule has 0 saturated heterocycles. The molecule has 8 heteroatoms. The molecule has 2 N–H and O–H groups in total. The van der Waals surface area contributed by atoms with E-state index >= 15 is 0 Å². The van der Waals surface area contributed by atoms with E-state index in [1.54, 1.807) is 39.0 Å². The van der Waals surface area contributed by atoms with Crippen LogP contribution < -0.4 is 10.6 Å². The van der Waals surface area contributed by atoms with Crippen molar-refractivity contribution >= 4 is 23.6 Å². The van der Waals surface area contributed by atoms with Crippen LogP contribution in [0.5, 0.6) is 0 Å². The van der Waals surface area contributed by atoms with Gasteiger partial charge in [0, 0.05) is 12.1 Å². The molecule has 3 aromatic carbocycles. The number of nitrogens with one attached hydrogen (secondary N) is 2. The van der Waals surface area contributed by atoms with Gasteiger partial charge in [-0.1, -0.05) is 72.8 Å². The number of para-hydroxylation sites is 1. The molecule has 0 heterocycles. The van der Waals surface area contributed by atoms with Crippen LogP contribution >= 0.6 is 0 Å². The summed E-state index contributed by atoms with van der Waals surface area (Å²) in [5.74, 6) is -1.05. The predicted molar refractivity (Wildman–Crippen MR) is 154 cm³/mol. The number of anilines is 1. The van der Waals surface area contributed by atoms with Crippen LogP contribution in [0.25, 0.3) is 0 Å². The highest BCUT2D eigenvalue weighted by Crippen LogP contribution is 2.28. The minimum atomic E-state index is -1.13. The number of benzene rings is 3. The van der Waals surface area contributed by atoms with E-state index in [2.05, 4.69) is 10.6 Å². The number of nitrogens with zero attached hydrogens (tertiary/aromatic N) is 2. The Hall–Kier alpha value is -4.64. The number of rotatable bonds is 9. The van der Waals surface area contributed by atoms with Crippen LogP contribution in [0.2, 0.25) is 0 Å². The second kappa shape index (κ2) is 13.4. The SMILES string of the molecule is Cc1ccccc1NC(=O)C(c1ccccc1C)N(CC#N)C(=O)C(Cc1ccccc1)NC(=O)OC(C)(C)C. The van der Waals surface area contributed by atoms with Gasteiger partial charge in [0.2, 0.25) is 5.91 Å². The van der Waals surface area contributed by atoms with Crippen molar-refractivity contribution in [1.82, 2.24) is 10.2 Å². The molecular weight excluding hydrogens is 504 g/mol. The zero-order chi connectivity index (χ0) is 29.3. The van der Waals surface area contributed by atoms with Crippen molar-refractivity contribution in [3.63, 3.8) is 0 Å². The van der Waals surface area contributed by atoms with E-state index in [1.165, 1.54) is 4.90 Å². The van der Waals surface area contributed by atoms with Crippen LogP contribution in [-0.2, 0) is 20.7 Å². The number of nitriles is 1. The molecule has 0 aromatic heterocycles. The van der Waals surface area contributed by atoms with Crippen molar-refractivity contribution in [2.24, 2.45) is 0 Å². The smallest absolute Gasteiger partial charge is 0.408 e. The molecule has 0 radical (unpaired) electrons. The van der Waals surface area contributed by atoms with Crippen molar-refractivity contribution in [1.29, 1.82) is 5.26 Å². The standard InChI is InChI=1S/C32H36N4O4/c1-22-13-9-11-17-25(22)28(29(37)34-26-18-12-10-14-23(26)2)36(20-19-33)30(38)27(21-24-15-7-6-8-16-24)35-31(39)40-32(3,4)5/h6-18,27-28H,20-21H2,1-5H3,(H,34,37)(H,35,39). The van der Waals surface area contributed by atoms with Crippen molar-refractivity contribution < 1.29 is 19.1 Å². The van der Waals surface area contributed by atoms with E-state index < -0.39 is 35.6 Å². The maximum Gasteiger partial charge on any atom is 0.408 e. The number of hydrogen-bond donors (Lipinski definition) is 2. The Kier molecular flexibility index (Phi) is 10.0. The number of carbonyl (C=O) groups excluding carboxylic acids is 3. The van der Waals surface area contributed by atoms with Crippen LogP contribution in [0.15, 0.2) is 78.9 Å². The molecule has 40 heavy (non-hydrogen) atoms. The fourth-order valence-electron chi connectivity index (χ4n) is 4.33. The largest absolute Gasteiger partial charge is 0.444 e. The third-order valence-electron chi connectivity index (χ3n) is 6.24. The normalized spacial score (nSPS) is 12.4. The molecular formula is C32H36N4O4. The number of alkyl carbamates (subject to hydrolysis) is 1. The second-order valence-electron chi connectivity index (χ2n) is 10.6. The molecule has 0 aliphatic carbocycles. The summed E-state index contributed by atoms with van der Waals surface area (Å²) in [4.78, 5) is 42.1. The summed E-state index contributed by atoms with van der Waals surface area (Å²) >= 11 is 0. The van der Waals surface area contributed by atoms with Crippen LogP contribution in [0, 0.1) is 25.2 Å². The Morgan fingerprint density at radius 3 is 2.10 bits per heavy atom. The Morgan fingerprint density at radius 2 is 1.50 bits per heavy atom. The van der Waals surface area contributed by atoms with Gasteiger partial charge >= 0.3 is 6.09 Å². The molecule has 0 aliphatic rings. The molecule has 3 aromatic rings. The number of amides is 3. The molecule has 8 nitrogen and oxygen atoms in total. The lowest BCUT2D eigenvalue weighted by Crippen LogP contribution is -2.53. The molecule has 0 spiro atoms. The number of hydrogen-bond acceptors (Lipinski definition) is 5. The van der Waals surface area contributed by atoms with Crippen LogP contribution in [0.4, 0.5) is 10.5 Å². The maximum atomic E-state index is 14.2. The average Bonchev–Trinajstić information content (AvgIpc) is 2.89. The molecule has 3 amide bonds. The fraction of sp³-hybridized carbons (Fsp3) is 0.312. The molecule has 0 aliphatic heterocycles. The molecule has 0 saturated carbocycles. The second-order valence-corrected chi connectivity index (χ2v) is 10.6. The zero-order valence-corrected chi connectivity index (χ0v) is 23.6. The highest BCUT2D eigenvalue weighted by atomic mass is 16.6. The summed E-state index contributed by atoms with van der Waals surface area (Å²) in [5.41, 5.74) is 2.82. The predicted octanol–water partition coefficient (Wildman–Crippen LogP) is 5.47. The van der Waals surface area contributed by atoms with Gasteiger partial charge in [-0.15, -0.1) is 0 Å². The minimum Gasteiger partial charge on any atom is -0.444 e. The highest BCUT2D eigenvalue weighted by molar-refractivity contribution is 5.99. The summed E-state index contributed by atoms with van der Waals surface area (Å²) < 4.78 is 5.43. The lowest BCUT2D eigenvalue weighted by molar-refractivity contribution is -0.140. The van der Waals surface area contributed by atoms with Gasteiger partial charge in [0.25, 0.3) is 5.91 Å². The first kappa shape index (κ1) is 29.9.